The molecule has 4 heteroatoms. The summed E-state index contributed by atoms with van der Waals surface area (Å²) < 4.78 is 8.26. The maximum Gasteiger partial charge on any atom is 0.212 e. The van der Waals surface area contributed by atoms with Gasteiger partial charge in [0.25, 0.3) is 0 Å². The van der Waals surface area contributed by atoms with Crippen molar-refractivity contribution in [1.82, 2.24) is 15.1 Å². The van der Waals surface area contributed by atoms with Crippen molar-refractivity contribution >= 4 is 0 Å². The van der Waals surface area contributed by atoms with Gasteiger partial charge in [-0.25, -0.2) is 4.68 Å². The molecule has 1 saturated carbocycles. The van der Waals surface area contributed by atoms with Crippen LogP contribution < -0.4 is 10.1 Å². The van der Waals surface area contributed by atoms with E-state index in [0.717, 1.165) is 18.1 Å². The summed E-state index contributed by atoms with van der Waals surface area (Å²) in [6.07, 6.45) is 7.71. The van der Waals surface area contributed by atoms with Gasteiger partial charge in [0, 0.05) is 12.6 Å². The Kier molecular flexibility index (Phi) is 5.70. The van der Waals surface area contributed by atoms with Gasteiger partial charge in [0.1, 0.15) is 6.61 Å². The number of ether oxygens (including phenoxy) is 1. The van der Waals surface area contributed by atoms with Crippen molar-refractivity contribution < 1.29 is 4.74 Å². The van der Waals surface area contributed by atoms with E-state index in [-0.39, 0.29) is 0 Å². The molecule has 4 nitrogen and oxygen atoms in total. The molecule has 23 heavy (non-hydrogen) atoms. The fourth-order valence-corrected chi connectivity index (χ4v) is 3.30. The molecule has 1 aromatic carbocycles. The molecule has 124 valence electrons. The monoisotopic (exact) mass is 313 g/mol. The highest BCUT2D eigenvalue weighted by Crippen LogP contribution is 2.31. The number of benzene rings is 1. The van der Waals surface area contributed by atoms with Crippen molar-refractivity contribution in [1.29, 1.82) is 0 Å². The van der Waals surface area contributed by atoms with E-state index in [2.05, 4.69) is 28.2 Å². The van der Waals surface area contributed by atoms with Gasteiger partial charge in [-0.05, 0) is 25.5 Å². The Morgan fingerprint density at radius 3 is 2.57 bits per heavy atom. The second-order valence-electron chi connectivity index (χ2n) is 6.37. The van der Waals surface area contributed by atoms with Gasteiger partial charge in [0.05, 0.1) is 11.7 Å². The third kappa shape index (κ3) is 4.35. The molecule has 0 spiro atoms. The Morgan fingerprint density at radius 1 is 1.13 bits per heavy atom. The average molecular weight is 313 g/mol. The molecular weight excluding hydrogens is 286 g/mol. The fraction of sp³-hybridized carbons (Fsp3) is 0.526. The summed E-state index contributed by atoms with van der Waals surface area (Å²) in [6, 6.07) is 12.9. The van der Waals surface area contributed by atoms with Crippen molar-refractivity contribution in [2.75, 3.05) is 7.05 Å². The van der Waals surface area contributed by atoms with Crippen molar-refractivity contribution in [3.05, 3.63) is 47.7 Å². The highest BCUT2D eigenvalue weighted by Gasteiger charge is 2.20. The molecule has 1 heterocycles. The molecule has 1 aliphatic rings. The predicted molar refractivity (Wildman–Crippen MR) is 92.5 cm³/mol. The van der Waals surface area contributed by atoms with Gasteiger partial charge in [0.15, 0.2) is 0 Å². The van der Waals surface area contributed by atoms with E-state index < -0.39 is 0 Å². The van der Waals surface area contributed by atoms with Crippen LogP contribution in [0.15, 0.2) is 36.4 Å². The first-order chi connectivity index (χ1) is 11.4. The summed E-state index contributed by atoms with van der Waals surface area (Å²) in [6.45, 7) is 1.37. The standard InChI is InChI=1S/C19H27N3O/c1-20-14-17-13-19(23-15-16-9-5-4-6-10-16)22(21-17)18-11-7-2-3-8-12-18/h4-6,9-10,13,18,20H,2-3,7-8,11-12,14-15H2,1H3. The van der Waals surface area contributed by atoms with Gasteiger partial charge in [-0.3, -0.25) is 0 Å². The van der Waals surface area contributed by atoms with Crippen LogP contribution in [0.4, 0.5) is 0 Å². The van der Waals surface area contributed by atoms with Gasteiger partial charge in [-0.15, -0.1) is 0 Å². The molecule has 1 aliphatic carbocycles. The van der Waals surface area contributed by atoms with E-state index in [4.69, 9.17) is 9.84 Å². The zero-order chi connectivity index (χ0) is 15.9. The van der Waals surface area contributed by atoms with Crippen LogP contribution in [0.5, 0.6) is 5.88 Å². The van der Waals surface area contributed by atoms with Gasteiger partial charge >= 0.3 is 0 Å². The average Bonchev–Trinajstić information content (AvgIpc) is 2.80. The van der Waals surface area contributed by atoms with Crippen LogP contribution in [0.25, 0.3) is 0 Å². The minimum absolute atomic E-state index is 0.480. The number of rotatable bonds is 6. The van der Waals surface area contributed by atoms with E-state index in [0.29, 0.717) is 12.6 Å². The van der Waals surface area contributed by atoms with Crippen LogP contribution in [0.1, 0.15) is 55.8 Å². The Balaban J connectivity index is 1.76. The van der Waals surface area contributed by atoms with Crippen LogP contribution >= 0.6 is 0 Å². The molecule has 1 aromatic heterocycles. The largest absolute Gasteiger partial charge is 0.473 e. The lowest BCUT2D eigenvalue weighted by Crippen LogP contribution is -2.13. The third-order valence-corrected chi connectivity index (χ3v) is 4.51. The zero-order valence-corrected chi connectivity index (χ0v) is 14.0. The molecule has 0 amide bonds. The molecule has 0 aliphatic heterocycles. The fourth-order valence-electron chi connectivity index (χ4n) is 3.30. The molecule has 0 saturated heterocycles. The number of nitrogens with one attached hydrogen (secondary N) is 1. The molecular formula is C19H27N3O. The van der Waals surface area contributed by atoms with E-state index in [1.54, 1.807) is 0 Å². The minimum Gasteiger partial charge on any atom is -0.473 e. The SMILES string of the molecule is CNCc1cc(OCc2ccccc2)n(C2CCCCCC2)n1. The lowest BCUT2D eigenvalue weighted by molar-refractivity contribution is 0.251. The molecule has 3 rings (SSSR count). The summed E-state index contributed by atoms with van der Waals surface area (Å²) >= 11 is 0. The van der Waals surface area contributed by atoms with Crippen molar-refractivity contribution in [3.8, 4) is 5.88 Å². The smallest absolute Gasteiger partial charge is 0.212 e. The van der Waals surface area contributed by atoms with Crippen LogP contribution in [0.3, 0.4) is 0 Å². The predicted octanol–water partition coefficient (Wildman–Crippen LogP) is 4.08. The molecule has 2 aromatic rings. The molecule has 1 N–H and O–H groups in total. The molecule has 0 bridgehead atoms. The van der Waals surface area contributed by atoms with E-state index in [1.807, 2.05) is 25.2 Å². The molecule has 1 fully saturated rings. The maximum absolute atomic E-state index is 6.12. The summed E-state index contributed by atoms with van der Waals surface area (Å²) in [4.78, 5) is 0. The minimum atomic E-state index is 0.480. The topological polar surface area (TPSA) is 39.1 Å². The zero-order valence-electron chi connectivity index (χ0n) is 14.0. The number of hydrogen-bond donors (Lipinski definition) is 1. The molecule has 0 unspecified atom stereocenters. The Labute approximate surface area is 138 Å². The Hall–Kier alpha value is -1.81. The van der Waals surface area contributed by atoms with Gasteiger partial charge in [-0.1, -0.05) is 56.0 Å². The van der Waals surface area contributed by atoms with E-state index in [1.165, 1.54) is 44.1 Å². The number of hydrogen-bond acceptors (Lipinski definition) is 3. The Bertz CT molecular complexity index is 586. The lowest BCUT2D eigenvalue weighted by Gasteiger charge is -2.18. The summed E-state index contributed by atoms with van der Waals surface area (Å²) in [5, 5.41) is 7.99. The van der Waals surface area contributed by atoms with E-state index >= 15 is 0 Å². The second-order valence-corrected chi connectivity index (χ2v) is 6.37. The van der Waals surface area contributed by atoms with Crippen molar-refractivity contribution in [2.45, 2.75) is 57.7 Å². The first-order valence-electron chi connectivity index (χ1n) is 8.76. The third-order valence-electron chi connectivity index (χ3n) is 4.51. The van der Waals surface area contributed by atoms with Crippen LogP contribution in [0, 0.1) is 0 Å². The number of nitrogens with zero attached hydrogens (tertiary/aromatic N) is 2. The normalized spacial score (nSPS) is 16.2. The summed E-state index contributed by atoms with van der Waals surface area (Å²) in [5.41, 5.74) is 2.25. The molecule has 0 radical (unpaired) electrons. The van der Waals surface area contributed by atoms with Gasteiger partial charge in [0.2, 0.25) is 5.88 Å². The first kappa shape index (κ1) is 16.1. The maximum atomic E-state index is 6.12. The lowest BCUT2D eigenvalue weighted by atomic mass is 10.1. The summed E-state index contributed by atoms with van der Waals surface area (Å²) in [5.74, 6) is 0.908. The highest BCUT2D eigenvalue weighted by atomic mass is 16.5. The van der Waals surface area contributed by atoms with Crippen LogP contribution in [-0.4, -0.2) is 16.8 Å². The summed E-state index contributed by atoms with van der Waals surface area (Å²) in [7, 11) is 1.95. The van der Waals surface area contributed by atoms with Crippen molar-refractivity contribution in [2.24, 2.45) is 0 Å². The van der Waals surface area contributed by atoms with Gasteiger partial charge < -0.3 is 10.1 Å². The van der Waals surface area contributed by atoms with Gasteiger partial charge in [-0.2, -0.15) is 5.10 Å². The van der Waals surface area contributed by atoms with Crippen LogP contribution in [0.2, 0.25) is 0 Å². The number of aromatic nitrogens is 2. The second kappa shape index (κ2) is 8.16. The highest BCUT2D eigenvalue weighted by molar-refractivity contribution is 5.19. The van der Waals surface area contributed by atoms with Crippen molar-refractivity contribution in [3.63, 3.8) is 0 Å². The van der Waals surface area contributed by atoms with E-state index in [9.17, 15) is 0 Å². The Morgan fingerprint density at radius 2 is 1.87 bits per heavy atom. The molecule has 0 atom stereocenters. The first-order valence-corrected chi connectivity index (χ1v) is 8.76. The quantitative estimate of drug-likeness (QED) is 0.817. The van der Waals surface area contributed by atoms with Crippen LogP contribution in [-0.2, 0) is 13.2 Å².